The molecule has 0 spiro atoms. The van der Waals surface area contributed by atoms with Crippen LogP contribution in [0.25, 0.3) is 10.9 Å². The molecule has 4 rings (SSSR count). The van der Waals surface area contributed by atoms with E-state index in [-0.39, 0.29) is 23.9 Å². The summed E-state index contributed by atoms with van der Waals surface area (Å²) in [6.45, 7) is 3.58. The minimum Gasteiger partial charge on any atom is -0.361 e. The minimum atomic E-state index is -0.421. The molecule has 0 bridgehead atoms. The number of nitrogens with one attached hydrogen (secondary N) is 2. The van der Waals surface area contributed by atoms with Crippen molar-refractivity contribution in [2.45, 2.75) is 25.2 Å². The SMILES string of the molecule is O=C(C[C@@H](c1ccc(Cl)c(Cl)c1)c1c[nH]c2ccc([N+](=O)[O-])cc12)NCCN1CCCC1. The van der Waals surface area contributed by atoms with Gasteiger partial charge in [0.15, 0.2) is 0 Å². The second-order valence-electron chi connectivity index (χ2n) is 8.06. The Hall–Kier alpha value is -2.61. The number of rotatable bonds is 8. The zero-order chi connectivity index (χ0) is 22.7. The maximum atomic E-state index is 12.9. The first-order chi connectivity index (χ1) is 15.4. The minimum absolute atomic E-state index is 0.00121. The summed E-state index contributed by atoms with van der Waals surface area (Å²) in [5, 5.41) is 15.9. The molecule has 0 radical (unpaired) electrons. The summed E-state index contributed by atoms with van der Waals surface area (Å²) in [6.07, 6.45) is 4.41. The van der Waals surface area contributed by atoms with Crippen molar-refractivity contribution < 1.29 is 9.72 Å². The molecule has 0 unspecified atom stereocenters. The highest BCUT2D eigenvalue weighted by molar-refractivity contribution is 6.42. The van der Waals surface area contributed by atoms with Gasteiger partial charge in [-0.2, -0.15) is 0 Å². The predicted molar refractivity (Wildman–Crippen MR) is 127 cm³/mol. The lowest BCUT2D eigenvalue weighted by atomic mass is 9.88. The van der Waals surface area contributed by atoms with Gasteiger partial charge >= 0.3 is 0 Å². The Labute approximate surface area is 195 Å². The summed E-state index contributed by atoms with van der Waals surface area (Å²) in [6, 6.07) is 9.97. The molecular formula is C23H24Cl2N4O3. The molecule has 1 aliphatic rings. The van der Waals surface area contributed by atoms with E-state index in [4.69, 9.17) is 23.2 Å². The third-order valence-corrected chi connectivity index (χ3v) is 6.71. The Morgan fingerprint density at radius 1 is 1.16 bits per heavy atom. The van der Waals surface area contributed by atoms with Crippen LogP contribution in [-0.2, 0) is 4.79 Å². The first-order valence-electron chi connectivity index (χ1n) is 10.6. The molecule has 1 aromatic heterocycles. The van der Waals surface area contributed by atoms with Crippen molar-refractivity contribution in [3.8, 4) is 0 Å². The van der Waals surface area contributed by atoms with E-state index in [0.717, 1.165) is 36.3 Å². The number of carbonyl (C=O) groups is 1. The fraction of sp³-hybridized carbons (Fsp3) is 0.348. The summed E-state index contributed by atoms with van der Waals surface area (Å²) in [5.74, 6) is -0.424. The number of likely N-dealkylation sites (tertiary alicyclic amines) is 1. The smallest absolute Gasteiger partial charge is 0.270 e. The predicted octanol–water partition coefficient (Wildman–Crippen LogP) is 5.12. The molecule has 2 heterocycles. The molecule has 2 aromatic carbocycles. The Bertz CT molecular complexity index is 1140. The molecule has 1 atom stereocenters. The number of nitro benzene ring substituents is 1. The summed E-state index contributed by atoms with van der Waals surface area (Å²) in [7, 11) is 0. The van der Waals surface area contributed by atoms with Crippen LogP contribution in [-0.4, -0.2) is 46.9 Å². The molecule has 168 valence electrons. The maximum absolute atomic E-state index is 12.9. The number of fused-ring (bicyclic) bond motifs is 1. The van der Waals surface area contributed by atoms with Gasteiger partial charge in [-0.05, 0) is 55.3 Å². The fourth-order valence-corrected chi connectivity index (χ4v) is 4.59. The average Bonchev–Trinajstić information content (AvgIpc) is 3.43. The second-order valence-corrected chi connectivity index (χ2v) is 8.87. The van der Waals surface area contributed by atoms with Crippen molar-refractivity contribution in [3.63, 3.8) is 0 Å². The molecule has 1 saturated heterocycles. The van der Waals surface area contributed by atoms with Gasteiger partial charge in [0.25, 0.3) is 5.69 Å². The lowest BCUT2D eigenvalue weighted by Gasteiger charge is -2.19. The van der Waals surface area contributed by atoms with Crippen LogP contribution in [0.3, 0.4) is 0 Å². The Morgan fingerprint density at radius 3 is 2.66 bits per heavy atom. The number of non-ortho nitro benzene ring substituents is 1. The highest BCUT2D eigenvalue weighted by Crippen LogP contribution is 2.37. The largest absolute Gasteiger partial charge is 0.361 e. The molecule has 1 fully saturated rings. The standard InChI is InChI=1S/C23H24Cl2N4O3/c24-20-5-3-15(11-21(20)25)17(13-23(30)26-7-10-28-8-1-2-9-28)19-14-27-22-6-4-16(29(31)32)12-18(19)22/h3-6,11-12,14,17,27H,1-2,7-10,13H2,(H,26,30)/t17-/m0/s1. The van der Waals surface area contributed by atoms with Crippen LogP contribution >= 0.6 is 23.2 Å². The Morgan fingerprint density at radius 2 is 1.94 bits per heavy atom. The monoisotopic (exact) mass is 474 g/mol. The normalized spacial score (nSPS) is 15.2. The van der Waals surface area contributed by atoms with Crippen molar-refractivity contribution in [3.05, 3.63) is 73.9 Å². The van der Waals surface area contributed by atoms with Gasteiger partial charge in [0, 0.05) is 54.7 Å². The molecule has 32 heavy (non-hydrogen) atoms. The van der Waals surface area contributed by atoms with E-state index in [9.17, 15) is 14.9 Å². The molecule has 9 heteroatoms. The molecule has 0 aliphatic carbocycles. The van der Waals surface area contributed by atoms with Gasteiger partial charge in [-0.3, -0.25) is 14.9 Å². The molecule has 0 saturated carbocycles. The number of halogens is 2. The Balaban J connectivity index is 1.61. The van der Waals surface area contributed by atoms with Crippen LogP contribution in [0.4, 0.5) is 5.69 Å². The number of nitro groups is 1. The lowest BCUT2D eigenvalue weighted by Crippen LogP contribution is -2.34. The van der Waals surface area contributed by atoms with Crippen molar-refractivity contribution >= 4 is 45.7 Å². The number of nitrogens with zero attached hydrogens (tertiary/aromatic N) is 2. The zero-order valence-electron chi connectivity index (χ0n) is 17.4. The van der Waals surface area contributed by atoms with Gasteiger partial charge in [0.05, 0.1) is 15.0 Å². The lowest BCUT2D eigenvalue weighted by molar-refractivity contribution is -0.384. The molecular weight excluding hydrogens is 451 g/mol. The highest BCUT2D eigenvalue weighted by atomic mass is 35.5. The van der Waals surface area contributed by atoms with Gasteiger partial charge in [-0.25, -0.2) is 0 Å². The molecule has 2 N–H and O–H groups in total. The van der Waals surface area contributed by atoms with E-state index in [1.54, 1.807) is 24.4 Å². The van der Waals surface area contributed by atoms with Gasteiger partial charge in [-0.1, -0.05) is 29.3 Å². The number of aromatic amines is 1. The second kappa shape index (κ2) is 9.90. The van der Waals surface area contributed by atoms with Crippen LogP contribution in [0.1, 0.15) is 36.3 Å². The van der Waals surface area contributed by atoms with Gasteiger partial charge in [-0.15, -0.1) is 0 Å². The summed E-state index contributed by atoms with van der Waals surface area (Å²) in [5.41, 5.74) is 2.39. The third kappa shape index (κ3) is 5.06. The molecule has 3 aromatic rings. The number of hydrogen-bond acceptors (Lipinski definition) is 4. The number of hydrogen-bond donors (Lipinski definition) is 2. The highest BCUT2D eigenvalue weighted by Gasteiger charge is 2.23. The van der Waals surface area contributed by atoms with E-state index >= 15 is 0 Å². The quantitative estimate of drug-likeness (QED) is 0.350. The zero-order valence-corrected chi connectivity index (χ0v) is 19.0. The van der Waals surface area contributed by atoms with Crippen LogP contribution in [0, 0.1) is 10.1 Å². The number of benzene rings is 2. The van der Waals surface area contributed by atoms with E-state index in [1.807, 2.05) is 6.07 Å². The summed E-state index contributed by atoms with van der Waals surface area (Å²) < 4.78 is 0. The number of carbonyl (C=O) groups excluding carboxylic acids is 1. The van der Waals surface area contributed by atoms with Crippen molar-refractivity contribution in [1.82, 2.24) is 15.2 Å². The van der Waals surface area contributed by atoms with Crippen molar-refractivity contribution in [1.29, 1.82) is 0 Å². The van der Waals surface area contributed by atoms with E-state index < -0.39 is 4.92 Å². The maximum Gasteiger partial charge on any atom is 0.270 e. The van der Waals surface area contributed by atoms with Gasteiger partial charge in [0.2, 0.25) is 5.91 Å². The number of amides is 1. The third-order valence-electron chi connectivity index (χ3n) is 5.97. The van der Waals surface area contributed by atoms with Crippen LogP contribution in [0.2, 0.25) is 10.0 Å². The van der Waals surface area contributed by atoms with Crippen LogP contribution < -0.4 is 5.32 Å². The summed E-state index contributed by atoms with van der Waals surface area (Å²) >= 11 is 12.4. The first-order valence-corrected chi connectivity index (χ1v) is 11.4. The van der Waals surface area contributed by atoms with Crippen molar-refractivity contribution in [2.75, 3.05) is 26.2 Å². The molecule has 1 amide bonds. The van der Waals surface area contributed by atoms with Crippen LogP contribution in [0.15, 0.2) is 42.6 Å². The number of aromatic nitrogens is 1. The van der Waals surface area contributed by atoms with Gasteiger partial charge in [0.1, 0.15) is 0 Å². The fourth-order valence-electron chi connectivity index (χ4n) is 4.29. The Kier molecular flexibility index (Phi) is 6.98. The first kappa shape index (κ1) is 22.6. The molecule has 7 nitrogen and oxygen atoms in total. The average molecular weight is 475 g/mol. The number of H-pyrrole nitrogens is 1. The van der Waals surface area contributed by atoms with E-state index in [1.165, 1.54) is 25.0 Å². The molecule has 1 aliphatic heterocycles. The summed E-state index contributed by atoms with van der Waals surface area (Å²) in [4.78, 5) is 29.2. The van der Waals surface area contributed by atoms with Crippen molar-refractivity contribution in [2.24, 2.45) is 0 Å². The van der Waals surface area contributed by atoms with Crippen LogP contribution in [0.5, 0.6) is 0 Å². The van der Waals surface area contributed by atoms with E-state index in [2.05, 4.69) is 15.2 Å². The van der Waals surface area contributed by atoms with Gasteiger partial charge < -0.3 is 15.2 Å². The topological polar surface area (TPSA) is 91.3 Å². The van der Waals surface area contributed by atoms with E-state index in [0.29, 0.717) is 22.0 Å².